The van der Waals surface area contributed by atoms with Crippen molar-refractivity contribution >= 4 is 62.1 Å². The number of pyridine rings is 1. The number of β-lactam (4-membered cyclic amide) rings is 1. The summed E-state index contributed by atoms with van der Waals surface area (Å²) in [6.45, 7) is 7.36. The number of carboxylic acid groups (broad SMARTS) is 1. The van der Waals surface area contributed by atoms with Crippen LogP contribution in [0, 0.1) is 0 Å². The van der Waals surface area contributed by atoms with Gasteiger partial charge in [0, 0.05) is 54.7 Å². The lowest BCUT2D eigenvalue weighted by Gasteiger charge is -2.44. The first-order chi connectivity index (χ1) is 24.6. The summed E-state index contributed by atoms with van der Waals surface area (Å²) >= 11 is 1.27. The number of nitrogens with one attached hydrogen (secondary N) is 2. The van der Waals surface area contributed by atoms with Crippen molar-refractivity contribution in [3.05, 3.63) is 69.5 Å². The minimum absolute atomic E-state index is 0.0444. The van der Waals surface area contributed by atoms with Crippen LogP contribution in [0.3, 0.4) is 0 Å². The smallest absolute Gasteiger partial charge is 0.327 e. The fourth-order valence-corrected chi connectivity index (χ4v) is 10.5. The van der Waals surface area contributed by atoms with E-state index in [1.54, 1.807) is 26.8 Å². The number of hydrogen-bond donors (Lipinski definition) is 4. The number of fused-ring (bicyclic) bond motifs is 1. The number of benzene rings is 2. The molecule has 4 unspecified atom stereocenters. The molecule has 3 aromatic rings. The molecule has 3 fully saturated rings. The molecule has 15 nitrogen and oxygen atoms in total. The molecule has 4 atom stereocenters. The molecule has 0 spiro atoms. The number of piperazine rings is 1. The van der Waals surface area contributed by atoms with Crippen molar-refractivity contribution in [2.45, 2.75) is 68.4 Å². The monoisotopic (exact) mass is 752 g/mol. The van der Waals surface area contributed by atoms with Crippen LogP contribution >= 0.6 is 11.8 Å². The second-order valence-electron chi connectivity index (χ2n) is 14.0. The van der Waals surface area contributed by atoms with Crippen LogP contribution in [0.1, 0.15) is 54.7 Å². The molecule has 4 aliphatic rings. The number of carbonyl (C=O) groups excluding carboxylic acids is 3. The molecule has 52 heavy (non-hydrogen) atoms. The number of amides is 3. The molecule has 4 N–H and O–H groups in total. The number of nitrogens with zero attached hydrogens (tertiary/aromatic N) is 4. The number of carboxylic acids is 1. The molecule has 3 saturated heterocycles. The first-order valence-corrected chi connectivity index (χ1v) is 19.7. The maximum atomic E-state index is 14.0. The summed E-state index contributed by atoms with van der Waals surface area (Å²) < 4.78 is 27.4. The van der Waals surface area contributed by atoms with Gasteiger partial charge >= 0.3 is 5.97 Å². The summed E-state index contributed by atoms with van der Waals surface area (Å²) in [5, 5.41) is 24.8. The second kappa shape index (κ2) is 13.1. The van der Waals surface area contributed by atoms with Gasteiger partial charge in [-0.2, -0.15) is 4.31 Å². The van der Waals surface area contributed by atoms with Crippen molar-refractivity contribution in [1.82, 2.24) is 24.4 Å². The van der Waals surface area contributed by atoms with Crippen molar-refractivity contribution in [1.29, 1.82) is 0 Å². The van der Waals surface area contributed by atoms with Crippen LogP contribution in [-0.2, 0) is 37.4 Å². The van der Waals surface area contributed by atoms with Crippen molar-refractivity contribution in [2.75, 3.05) is 36.8 Å². The fourth-order valence-electron chi connectivity index (χ4n) is 7.82. The van der Waals surface area contributed by atoms with Crippen molar-refractivity contribution in [3.63, 3.8) is 0 Å². The van der Waals surface area contributed by atoms with E-state index in [4.69, 9.17) is 0 Å². The zero-order chi connectivity index (χ0) is 37.3. The Morgan fingerprint density at radius 3 is 2.37 bits per heavy atom. The standard InChI is InChI=1S/C35H40N6O9S2/c1-4-52(49,50)40-16-14-38(15-17-40)24-12-11-22-27-21(24)6-5-13-39(27)18-23(28(22)43)30(44)36-25(19-7-9-20(42)10-8-19)31(45)37-26-32(46)41-29(34(47)48)35(2,3)51-33(26)41/h7-12,18,25-26,29,33,42H,4-6,13-17H2,1-3H3,(H,36,44)(H,37,45)(H,47,48). The Morgan fingerprint density at radius 2 is 1.71 bits per heavy atom. The van der Waals surface area contributed by atoms with Crippen LogP contribution in [0.2, 0.25) is 0 Å². The third-order valence-corrected chi connectivity index (χ3v) is 13.9. The van der Waals surface area contributed by atoms with E-state index in [1.807, 2.05) is 10.6 Å². The van der Waals surface area contributed by atoms with Crippen LogP contribution < -0.4 is 21.0 Å². The van der Waals surface area contributed by atoms with Crippen LogP contribution in [-0.4, -0.2) is 110 Å². The molecule has 7 rings (SSSR count). The molecule has 0 saturated carbocycles. The van der Waals surface area contributed by atoms with Crippen molar-refractivity contribution < 1.29 is 37.8 Å². The average molecular weight is 753 g/mol. The van der Waals surface area contributed by atoms with E-state index in [0.717, 1.165) is 17.7 Å². The summed E-state index contributed by atoms with van der Waals surface area (Å²) in [7, 11) is -3.30. The summed E-state index contributed by atoms with van der Waals surface area (Å²) in [6.07, 6.45) is 2.95. The van der Waals surface area contributed by atoms with E-state index >= 15 is 0 Å². The minimum Gasteiger partial charge on any atom is -0.508 e. The predicted molar refractivity (Wildman–Crippen MR) is 194 cm³/mol. The summed E-state index contributed by atoms with van der Waals surface area (Å²) in [5.41, 5.74) is 2.20. The molecule has 0 bridgehead atoms. The summed E-state index contributed by atoms with van der Waals surface area (Å²) in [4.78, 5) is 70.3. The molecule has 1 aromatic heterocycles. The number of carbonyl (C=O) groups is 4. The Balaban J connectivity index is 1.16. The van der Waals surface area contributed by atoms with Gasteiger partial charge < -0.3 is 35.2 Å². The number of aryl methyl sites for hydroxylation is 2. The Morgan fingerprint density at radius 1 is 1.02 bits per heavy atom. The number of phenols is 1. The van der Waals surface area contributed by atoms with Gasteiger partial charge in [0.25, 0.3) is 5.91 Å². The van der Waals surface area contributed by atoms with Gasteiger partial charge in [-0.15, -0.1) is 11.8 Å². The highest BCUT2D eigenvalue weighted by atomic mass is 32.2. The normalized spacial score (nSPS) is 23.1. The lowest BCUT2D eigenvalue weighted by Crippen LogP contribution is -2.71. The van der Waals surface area contributed by atoms with Crippen LogP contribution in [0.15, 0.2) is 47.4 Å². The van der Waals surface area contributed by atoms with Gasteiger partial charge in [-0.05, 0) is 69.0 Å². The Bertz CT molecular complexity index is 2160. The first kappa shape index (κ1) is 35.8. The maximum absolute atomic E-state index is 14.0. The highest BCUT2D eigenvalue weighted by Gasteiger charge is 2.64. The van der Waals surface area contributed by atoms with Gasteiger partial charge in [0.1, 0.15) is 34.8 Å². The van der Waals surface area contributed by atoms with Crippen LogP contribution in [0.25, 0.3) is 10.9 Å². The van der Waals surface area contributed by atoms with Gasteiger partial charge in [-0.1, -0.05) is 12.1 Å². The minimum atomic E-state index is -3.30. The van der Waals surface area contributed by atoms with E-state index in [-0.39, 0.29) is 22.6 Å². The van der Waals surface area contributed by atoms with Gasteiger partial charge in [0.15, 0.2) is 0 Å². The van der Waals surface area contributed by atoms with E-state index in [0.29, 0.717) is 50.0 Å². The van der Waals surface area contributed by atoms with E-state index in [2.05, 4.69) is 15.5 Å². The molecule has 0 aliphatic carbocycles. The van der Waals surface area contributed by atoms with Crippen LogP contribution in [0.4, 0.5) is 5.69 Å². The highest BCUT2D eigenvalue weighted by Crippen LogP contribution is 2.50. The van der Waals surface area contributed by atoms with Gasteiger partial charge in [-0.25, -0.2) is 13.2 Å². The number of phenolic OH excluding ortho intramolecular Hbond substituents is 1. The second-order valence-corrected chi connectivity index (χ2v) is 18.0. The Labute approximate surface area is 304 Å². The van der Waals surface area contributed by atoms with E-state index < -0.39 is 67.4 Å². The Kier molecular flexibility index (Phi) is 9.02. The van der Waals surface area contributed by atoms with Gasteiger partial charge in [0.05, 0.1) is 11.3 Å². The van der Waals surface area contributed by atoms with Gasteiger partial charge in [-0.3, -0.25) is 19.2 Å². The summed E-state index contributed by atoms with van der Waals surface area (Å²) in [5.74, 6) is -3.26. The zero-order valence-corrected chi connectivity index (χ0v) is 30.5. The first-order valence-electron chi connectivity index (χ1n) is 17.2. The van der Waals surface area contributed by atoms with Crippen molar-refractivity contribution in [2.24, 2.45) is 0 Å². The zero-order valence-electron chi connectivity index (χ0n) is 28.9. The average Bonchev–Trinajstić information content (AvgIpc) is 3.38. The van der Waals surface area contributed by atoms with Gasteiger partial charge in [0.2, 0.25) is 27.3 Å². The SMILES string of the molecule is CCS(=O)(=O)N1CCN(c2ccc3c(=O)c(C(=O)NC(C(=O)NC4C(=O)N5C4SC(C)(C)C5C(=O)O)c4ccc(O)cc4)cn4c3c2CCC4)CC1. The molecule has 276 valence electrons. The maximum Gasteiger partial charge on any atom is 0.327 e. The van der Waals surface area contributed by atoms with E-state index in [1.165, 1.54) is 51.4 Å². The Hall–Kier alpha value is -4.61. The lowest BCUT2D eigenvalue weighted by atomic mass is 9.95. The topological polar surface area (TPSA) is 199 Å². The fraction of sp³-hybridized carbons (Fsp3) is 0.457. The van der Waals surface area contributed by atoms with Crippen LogP contribution in [0.5, 0.6) is 5.75 Å². The third kappa shape index (κ3) is 5.97. The number of aromatic hydroxyl groups is 1. The number of rotatable bonds is 9. The molecule has 5 heterocycles. The molecule has 3 amide bonds. The number of sulfonamides is 1. The number of thioether (sulfide) groups is 1. The molecular weight excluding hydrogens is 713 g/mol. The molecular formula is C35H40N6O9S2. The molecule has 0 radical (unpaired) electrons. The van der Waals surface area contributed by atoms with Crippen molar-refractivity contribution in [3.8, 4) is 5.75 Å². The number of anilines is 1. The lowest BCUT2D eigenvalue weighted by molar-refractivity contribution is -0.161. The molecule has 4 aliphatic heterocycles. The third-order valence-electron chi connectivity index (χ3n) is 10.5. The number of aromatic nitrogens is 1. The number of aliphatic carboxylic acids is 1. The molecule has 17 heteroatoms. The number of hydrogen-bond acceptors (Lipinski definition) is 10. The van der Waals surface area contributed by atoms with E-state index in [9.17, 15) is 42.6 Å². The molecule has 2 aromatic carbocycles. The highest BCUT2D eigenvalue weighted by molar-refractivity contribution is 8.01. The predicted octanol–water partition coefficient (Wildman–Crippen LogP) is 1.23. The quantitative estimate of drug-likeness (QED) is 0.230. The largest absolute Gasteiger partial charge is 0.508 e. The summed E-state index contributed by atoms with van der Waals surface area (Å²) in [6, 6.07) is 5.67.